The number of rotatable bonds is 12. The van der Waals surface area contributed by atoms with Crippen LogP contribution in [-0.4, -0.2) is 70.3 Å². The zero-order valence-corrected chi connectivity index (χ0v) is 17.5. The summed E-state index contributed by atoms with van der Waals surface area (Å²) in [5, 5.41) is 34.5. The van der Waals surface area contributed by atoms with Crippen LogP contribution >= 0.6 is 0 Å². The first-order valence-electron chi connectivity index (χ1n) is 9.83. The molecule has 4 atom stereocenters. The van der Waals surface area contributed by atoms with Crippen molar-refractivity contribution in [1.29, 1.82) is 0 Å². The number of aliphatic hydroxyl groups is 1. The van der Waals surface area contributed by atoms with Crippen LogP contribution in [0.4, 0.5) is 0 Å². The van der Waals surface area contributed by atoms with Crippen LogP contribution in [0.5, 0.6) is 5.75 Å². The predicted molar refractivity (Wildman–Crippen MR) is 111 cm³/mol. The smallest absolute Gasteiger partial charge is 0.328 e. The summed E-state index contributed by atoms with van der Waals surface area (Å²) in [7, 11) is 0. The number of aromatic hydroxyl groups is 1. The lowest BCUT2D eigenvalue weighted by Gasteiger charge is -2.22. The van der Waals surface area contributed by atoms with Gasteiger partial charge in [0.2, 0.25) is 17.7 Å². The van der Waals surface area contributed by atoms with Crippen molar-refractivity contribution in [3.63, 3.8) is 0 Å². The van der Waals surface area contributed by atoms with Gasteiger partial charge < -0.3 is 37.0 Å². The fraction of sp³-hybridized carbons (Fsp3) is 0.500. The van der Waals surface area contributed by atoms with E-state index in [-0.39, 0.29) is 18.1 Å². The lowest BCUT2D eigenvalue weighted by atomic mass is 9.99. The van der Waals surface area contributed by atoms with E-state index in [9.17, 15) is 24.3 Å². The molecule has 0 fully saturated rings. The van der Waals surface area contributed by atoms with E-state index in [1.165, 1.54) is 24.3 Å². The highest BCUT2D eigenvalue weighted by Crippen LogP contribution is 2.11. The predicted octanol–water partition coefficient (Wildman–Crippen LogP) is -1.53. The third-order valence-corrected chi connectivity index (χ3v) is 4.81. The molecule has 0 saturated heterocycles. The first-order chi connectivity index (χ1) is 14.6. The zero-order chi connectivity index (χ0) is 23.6. The number of aliphatic carboxylic acids is 1. The second kappa shape index (κ2) is 12.5. The van der Waals surface area contributed by atoms with Crippen LogP contribution in [0.3, 0.4) is 0 Å². The van der Waals surface area contributed by atoms with Crippen LogP contribution in [0.15, 0.2) is 24.3 Å². The van der Waals surface area contributed by atoms with Gasteiger partial charge in [0.05, 0.1) is 19.2 Å². The van der Waals surface area contributed by atoms with Crippen LogP contribution in [0.25, 0.3) is 0 Å². The number of carboxylic acid groups (broad SMARTS) is 1. The summed E-state index contributed by atoms with van der Waals surface area (Å²) in [5.41, 5.74) is 6.39. The molecule has 0 radical (unpaired) electrons. The highest BCUT2D eigenvalue weighted by molar-refractivity contribution is 5.92. The van der Waals surface area contributed by atoms with E-state index < -0.39 is 55.0 Å². The SMILES string of the molecule is CCC(C)C(N)C(=O)NCC(=O)NC(Cc1ccc(O)cc1)C(=O)NC(CO)C(=O)O. The molecule has 0 aliphatic carbocycles. The van der Waals surface area contributed by atoms with E-state index in [1.54, 1.807) is 0 Å². The summed E-state index contributed by atoms with van der Waals surface area (Å²) in [6.45, 7) is 2.44. The molecular weight excluding hydrogens is 408 g/mol. The summed E-state index contributed by atoms with van der Waals surface area (Å²) in [6, 6.07) is 2.36. The summed E-state index contributed by atoms with van der Waals surface area (Å²) in [4.78, 5) is 48.0. The largest absolute Gasteiger partial charge is 0.508 e. The monoisotopic (exact) mass is 438 g/mol. The second-order valence-corrected chi connectivity index (χ2v) is 7.20. The fourth-order valence-corrected chi connectivity index (χ4v) is 2.58. The molecule has 0 saturated carbocycles. The van der Waals surface area contributed by atoms with Crippen LogP contribution in [-0.2, 0) is 25.6 Å². The van der Waals surface area contributed by atoms with Gasteiger partial charge in [0.15, 0.2) is 0 Å². The third-order valence-electron chi connectivity index (χ3n) is 4.81. The van der Waals surface area contributed by atoms with Crippen molar-refractivity contribution in [2.45, 2.75) is 44.8 Å². The number of hydrogen-bond donors (Lipinski definition) is 7. The highest BCUT2D eigenvalue weighted by Gasteiger charge is 2.27. The number of amides is 3. The number of carbonyl (C=O) groups excluding carboxylic acids is 3. The number of phenolic OH excluding ortho intramolecular Hbond substituents is 1. The van der Waals surface area contributed by atoms with Gasteiger partial charge in [-0.2, -0.15) is 0 Å². The summed E-state index contributed by atoms with van der Waals surface area (Å²) in [6.07, 6.45) is 0.668. The van der Waals surface area contributed by atoms with Crippen molar-refractivity contribution >= 4 is 23.7 Å². The number of nitrogens with two attached hydrogens (primary N) is 1. The molecule has 0 bridgehead atoms. The molecule has 0 spiro atoms. The minimum absolute atomic E-state index is 0.0142. The van der Waals surface area contributed by atoms with Gasteiger partial charge in [0.1, 0.15) is 17.8 Å². The number of aliphatic hydroxyl groups excluding tert-OH is 1. The Bertz CT molecular complexity index is 769. The summed E-state index contributed by atoms with van der Waals surface area (Å²) < 4.78 is 0. The maximum atomic E-state index is 12.5. The van der Waals surface area contributed by atoms with Gasteiger partial charge in [-0.1, -0.05) is 32.4 Å². The molecular formula is C20H30N4O7. The highest BCUT2D eigenvalue weighted by atomic mass is 16.4. The molecule has 11 nitrogen and oxygen atoms in total. The molecule has 0 aromatic heterocycles. The van der Waals surface area contributed by atoms with Crippen molar-refractivity contribution in [3.05, 3.63) is 29.8 Å². The number of carboxylic acids is 1. The van der Waals surface area contributed by atoms with Crippen LogP contribution < -0.4 is 21.7 Å². The fourth-order valence-electron chi connectivity index (χ4n) is 2.58. The molecule has 0 heterocycles. The standard InChI is InChI=1S/C20H30N4O7/c1-3-11(2)17(21)19(29)22-9-16(27)23-14(8-12-4-6-13(26)7-5-12)18(28)24-15(10-25)20(30)31/h4-7,11,14-15,17,25-26H,3,8-10,21H2,1-2H3,(H,22,29)(H,23,27)(H,24,28)(H,30,31). The Kier molecular flexibility index (Phi) is 10.4. The zero-order valence-electron chi connectivity index (χ0n) is 17.5. The maximum absolute atomic E-state index is 12.5. The van der Waals surface area contributed by atoms with Crippen molar-refractivity contribution in [2.24, 2.45) is 11.7 Å². The van der Waals surface area contributed by atoms with Gasteiger partial charge in [-0.3, -0.25) is 14.4 Å². The molecule has 31 heavy (non-hydrogen) atoms. The number of hydrogen-bond acceptors (Lipinski definition) is 7. The molecule has 8 N–H and O–H groups in total. The number of nitrogens with one attached hydrogen (secondary N) is 3. The Hall–Kier alpha value is -3.18. The van der Waals surface area contributed by atoms with Crippen LogP contribution in [0, 0.1) is 5.92 Å². The van der Waals surface area contributed by atoms with E-state index in [0.717, 1.165) is 0 Å². The van der Waals surface area contributed by atoms with Gasteiger partial charge in [0.25, 0.3) is 0 Å². The molecule has 172 valence electrons. The topological polar surface area (TPSA) is 191 Å². The Morgan fingerprint density at radius 2 is 1.65 bits per heavy atom. The van der Waals surface area contributed by atoms with Gasteiger partial charge in [0, 0.05) is 6.42 Å². The van der Waals surface area contributed by atoms with E-state index >= 15 is 0 Å². The molecule has 4 unspecified atom stereocenters. The van der Waals surface area contributed by atoms with Gasteiger partial charge in [-0.25, -0.2) is 4.79 Å². The normalized spacial score (nSPS) is 14.6. The molecule has 0 aliphatic heterocycles. The Morgan fingerprint density at radius 1 is 1.03 bits per heavy atom. The molecule has 1 rings (SSSR count). The maximum Gasteiger partial charge on any atom is 0.328 e. The Balaban J connectivity index is 2.83. The lowest BCUT2D eigenvalue weighted by Crippen LogP contribution is -2.55. The van der Waals surface area contributed by atoms with Crippen molar-refractivity contribution in [1.82, 2.24) is 16.0 Å². The number of phenols is 1. The van der Waals surface area contributed by atoms with Crippen molar-refractivity contribution < 1.29 is 34.5 Å². The Morgan fingerprint density at radius 3 is 2.16 bits per heavy atom. The number of carbonyl (C=O) groups is 4. The second-order valence-electron chi connectivity index (χ2n) is 7.20. The van der Waals surface area contributed by atoms with E-state index in [4.69, 9.17) is 15.9 Å². The van der Waals surface area contributed by atoms with E-state index in [2.05, 4.69) is 16.0 Å². The molecule has 1 aromatic rings. The summed E-state index contributed by atoms with van der Waals surface area (Å²) >= 11 is 0. The first-order valence-corrected chi connectivity index (χ1v) is 9.83. The molecule has 11 heteroatoms. The average molecular weight is 438 g/mol. The molecule has 1 aromatic carbocycles. The van der Waals surface area contributed by atoms with Gasteiger partial charge in [-0.05, 0) is 23.6 Å². The molecule has 0 aliphatic rings. The van der Waals surface area contributed by atoms with E-state index in [1.807, 2.05) is 13.8 Å². The minimum atomic E-state index is -1.54. The van der Waals surface area contributed by atoms with Crippen molar-refractivity contribution in [2.75, 3.05) is 13.2 Å². The van der Waals surface area contributed by atoms with Crippen LogP contribution in [0.2, 0.25) is 0 Å². The van der Waals surface area contributed by atoms with Gasteiger partial charge >= 0.3 is 5.97 Å². The van der Waals surface area contributed by atoms with Crippen molar-refractivity contribution in [3.8, 4) is 5.75 Å². The minimum Gasteiger partial charge on any atom is -0.508 e. The molecule has 3 amide bonds. The Labute approximate surface area is 180 Å². The van der Waals surface area contributed by atoms with Gasteiger partial charge in [-0.15, -0.1) is 0 Å². The van der Waals surface area contributed by atoms with E-state index in [0.29, 0.717) is 12.0 Å². The third kappa shape index (κ3) is 8.60. The lowest BCUT2D eigenvalue weighted by molar-refractivity contribution is -0.143. The average Bonchev–Trinajstić information content (AvgIpc) is 2.75. The summed E-state index contributed by atoms with van der Waals surface area (Å²) in [5.74, 6) is -3.51. The first kappa shape index (κ1) is 25.9. The number of benzene rings is 1. The quantitative estimate of drug-likeness (QED) is 0.204. The van der Waals surface area contributed by atoms with Crippen LogP contribution in [0.1, 0.15) is 25.8 Å².